The number of carbonyl (C=O) groups is 2. The van der Waals surface area contributed by atoms with Crippen molar-refractivity contribution < 1.29 is 14.7 Å². The van der Waals surface area contributed by atoms with Gasteiger partial charge in [-0.3, -0.25) is 9.59 Å². The van der Waals surface area contributed by atoms with Gasteiger partial charge in [-0.2, -0.15) is 0 Å². The first-order valence-corrected chi connectivity index (χ1v) is 5.33. The number of hydrogen-bond donors (Lipinski definition) is 3. The van der Waals surface area contributed by atoms with Crippen molar-refractivity contribution in [3.63, 3.8) is 0 Å². The minimum Gasteiger partial charge on any atom is -0.481 e. The van der Waals surface area contributed by atoms with Gasteiger partial charge in [0.05, 0.1) is 18.5 Å². The molecule has 0 radical (unpaired) electrons. The van der Waals surface area contributed by atoms with Gasteiger partial charge in [0.2, 0.25) is 5.91 Å². The van der Waals surface area contributed by atoms with Crippen LogP contribution in [0, 0.1) is 0 Å². The summed E-state index contributed by atoms with van der Waals surface area (Å²) in [6.07, 6.45) is -0.164. The molecule has 92 valence electrons. The molecule has 0 aromatic heterocycles. The van der Waals surface area contributed by atoms with Gasteiger partial charge >= 0.3 is 5.97 Å². The average Bonchev–Trinajstić information content (AvgIpc) is 2.28. The highest BCUT2D eigenvalue weighted by atomic mass is 16.4. The number of benzene rings is 1. The smallest absolute Gasteiger partial charge is 0.305 e. The Labute approximate surface area is 99.6 Å². The fraction of sp³-hybridized carbons (Fsp3) is 0.333. The third-order valence-corrected chi connectivity index (χ3v) is 2.31. The molecule has 0 saturated carbocycles. The second-order valence-corrected chi connectivity index (χ2v) is 3.86. The van der Waals surface area contributed by atoms with Crippen molar-refractivity contribution in [3.05, 3.63) is 35.9 Å². The lowest BCUT2D eigenvalue weighted by Crippen LogP contribution is -2.40. The number of carboxylic acid groups (broad SMARTS) is 1. The summed E-state index contributed by atoms with van der Waals surface area (Å²) in [7, 11) is 0. The van der Waals surface area contributed by atoms with E-state index in [2.05, 4.69) is 5.32 Å². The molecule has 1 unspecified atom stereocenters. The maximum absolute atomic E-state index is 11.5. The lowest BCUT2D eigenvalue weighted by molar-refractivity contribution is -0.137. The normalized spacial score (nSPS) is 13.8. The average molecular weight is 236 g/mol. The zero-order chi connectivity index (χ0) is 12.8. The molecule has 5 heteroatoms. The predicted octanol–water partition coefficient (Wildman–Crippen LogP) is 0.666. The quantitative estimate of drug-likeness (QED) is 0.700. The number of aliphatic carboxylic acids is 1. The molecule has 0 fully saturated rings. The topological polar surface area (TPSA) is 92.4 Å². The Bertz CT molecular complexity index is 390. The summed E-state index contributed by atoms with van der Waals surface area (Å²) in [5.41, 5.74) is 6.19. The summed E-state index contributed by atoms with van der Waals surface area (Å²) in [4.78, 5) is 22.2. The van der Waals surface area contributed by atoms with Crippen molar-refractivity contribution in [2.45, 2.75) is 25.4 Å². The van der Waals surface area contributed by atoms with Gasteiger partial charge in [-0.05, 0) is 12.5 Å². The number of nitrogens with two attached hydrogens (primary N) is 1. The van der Waals surface area contributed by atoms with E-state index in [1.807, 2.05) is 6.07 Å². The van der Waals surface area contributed by atoms with E-state index in [0.717, 1.165) is 5.56 Å². The molecule has 0 aliphatic rings. The fourth-order valence-corrected chi connectivity index (χ4v) is 1.42. The van der Waals surface area contributed by atoms with E-state index in [-0.39, 0.29) is 12.3 Å². The van der Waals surface area contributed by atoms with Crippen LogP contribution in [0.3, 0.4) is 0 Å². The summed E-state index contributed by atoms with van der Waals surface area (Å²) >= 11 is 0. The second-order valence-electron chi connectivity index (χ2n) is 3.86. The molecule has 1 rings (SSSR count). The number of amides is 1. The van der Waals surface area contributed by atoms with Gasteiger partial charge in [-0.25, -0.2) is 0 Å². The maximum atomic E-state index is 11.5. The van der Waals surface area contributed by atoms with Crippen molar-refractivity contribution in [2.75, 3.05) is 0 Å². The third-order valence-electron chi connectivity index (χ3n) is 2.31. The number of rotatable bonds is 5. The Morgan fingerprint density at radius 3 is 2.41 bits per heavy atom. The summed E-state index contributed by atoms with van der Waals surface area (Å²) in [6, 6.07) is 7.76. The highest BCUT2D eigenvalue weighted by molar-refractivity contribution is 5.82. The van der Waals surface area contributed by atoms with Crippen LogP contribution in [0.25, 0.3) is 0 Å². The minimum atomic E-state index is -0.969. The first kappa shape index (κ1) is 13.2. The zero-order valence-electron chi connectivity index (χ0n) is 9.59. The molecule has 2 atom stereocenters. The van der Waals surface area contributed by atoms with Gasteiger partial charge in [0, 0.05) is 0 Å². The Balaban J connectivity index is 2.81. The van der Waals surface area contributed by atoms with Gasteiger partial charge in [0.25, 0.3) is 0 Å². The molecule has 4 N–H and O–H groups in total. The summed E-state index contributed by atoms with van der Waals surface area (Å²) in [6.45, 7) is 1.55. The van der Waals surface area contributed by atoms with Crippen LogP contribution in [-0.4, -0.2) is 23.0 Å². The largest absolute Gasteiger partial charge is 0.481 e. The standard InChI is InChI=1S/C12H16N2O3/c1-8(13)12(17)14-10(7-11(15)16)9-5-3-2-4-6-9/h2-6,8,10H,7,13H2,1H3,(H,14,17)(H,15,16)/t8-,10?/m1/s1. The van der Waals surface area contributed by atoms with Gasteiger partial charge < -0.3 is 16.2 Å². The maximum Gasteiger partial charge on any atom is 0.305 e. The second kappa shape index (κ2) is 6.00. The van der Waals surface area contributed by atoms with Gasteiger partial charge in [0.1, 0.15) is 0 Å². The molecule has 1 amide bonds. The zero-order valence-corrected chi connectivity index (χ0v) is 9.59. The van der Waals surface area contributed by atoms with Crippen LogP contribution < -0.4 is 11.1 Å². The molecule has 0 heterocycles. The van der Waals surface area contributed by atoms with E-state index >= 15 is 0 Å². The van der Waals surface area contributed by atoms with E-state index in [4.69, 9.17) is 10.8 Å². The van der Waals surface area contributed by atoms with Crippen LogP contribution in [-0.2, 0) is 9.59 Å². The molecule has 1 aromatic carbocycles. The van der Waals surface area contributed by atoms with Gasteiger partial charge in [0.15, 0.2) is 0 Å². The molecular weight excluding hydrogens is 220 g/mol. The molecular formula is C12H16N2O3. The van der Waals surface area contributed by atoms with Crippen molar-refractivity contribution in [1.82, 2.24) is 5.32 Å². The first-order valence-electron chi connectivity index (χ1n) is 5.33. The minimum absolute atomic E-state index is 0.164. The Morgan fingerprint density at radius 1 is 1.35 bits per heavy atom. The monoisotopic (exact) mass is 236 g/mol. The number of carboxylic acids is 1. The van der Waals surface area contributed by atoms with E-state index in [0.29, 0.717) is 0 Å². The molecule has 17 heavy (non-hydrogen) atoms. The Hall–Kier alpha value is -1.88. The van der Waals surface area contributed by atoms with Crippen LogP contribution in [0.2, 0.25) is 0 Å². The fourth-order valence-electron chi connectivity index (χ4n) is 1.42. The highest BCUT2D eigenvalue weighted by Gasteiger charge is 2.19. The molecule has 1 aromatic rings. The number of hydrogen-bond acceptors (Lipinski definition) is 3. The van der Waals surface area contributed by atoms with Crippen molar-refractivity contribution in [3.8, 4) is 0 Å². The highest BCUT2D eigenvalue weighted by Crippen LogP contribution is 2.16. The van der Waals surface area contributed by atoms with Gasteiger partial charge in [-0.15, -0.1) is 0 Å². The Kier molecular flexibility index (Phi) is 4.66. The number of nitrogens with one attached hydrogen (secondary N) is 1. The van der Waals surface area contributed by atoms with E-state index in [1.54, 1.807) is 31.2 Å². The van der Waals surface area contributed by atoms with Crippen molar-refractivity contribution in [1.29, 1.82) is 0 Å². The van der Waals surface area contributed by atoms with E-state index < -0.39 is 18.1 Å². The molecule has 0 aliphatic heterocycles. The lowest BCUT2D eigenvalue weighted by atomic mass is 10.0. The SMILES string of the molecule is C[C@@H](N)C(=O)NC(CC(=O)O)c1ccccc1. The molecule has 0 aliphatic carbocycles. The van der Waals surface area contributed by atoms with Crippen LogP contribution in [0.5, 0.6) is 0 Å². The van der Waals surface area contributed by atoms with E-state index in [1.165, 1.54) is 0 Å². The van der Waals surface area contributed by atoms with Gasteiger partial charge in [-0.1, -0.05) is 30.3 Å². The van der Waals surface area contributed by atoms with Crippen LogP contribution >= 0.6 is 0 Å². The first-order chi connectivity index (χ1) is 8.00. The molecule has 0 spiro atoms. The summed E-state index contributed by atoms with van der Waals surface area (Å²) in [5.74, 6) is -1.33. The molecule has 0 saturated heterocycles. The molecule has 5 nitrogen and oxygen atoms in total. The van der Waals surface area contributed by atoms with Crippen LogP contribution in [0.15, 0.2) is 30.3 Å². The third kappa shape index (κ3) is 4.24. The Morgan fingerprint density at radius 2 is 1.94 bits per heavy atom. The molecule has 0 bridgehead atoms. The van der Waals surface area contributed by atoms with E-state index in [9.17, 15) is 9.59 Å². The van der Waals surface area contributed by atoms with Crippen molar-refractivity contribution in [2.24, 2.45) is 5.73 Å². The predicted molar refractivity (Wildman–Crippen MR) is 63.2 cm³/mol. The number of carbonyl (C=O) groups excluding carboxylic acids is 1. The van der Waals surface area contributed by atoms with Crippen LogP contribution in [0.4, 0.5) is 0 Å². The lowest BCUT2D eigenvalue weighted by Gasteiger charge is -2.18. The van der Waals surface area contributed by atoms with Crippen LogP contribution in [0.1, 0.15) is 24.9 Å². The summed E-state index contributed by atoms with van der Waals surface area (Å²) in [5, 5.41) is 11.4. The summed E-state index contributed by atoms with van der Waals surface area (Å²) < 4.78 is 0. The van der Waals surface area contributed by atoms with Crippen molar-refractivity contribution >= 4 is 11.9 Å².